The molecule has 0 spiro atoms. The molecule has 0 aliphatic carbocycles. The lowest BCUT2D eigenvalue weighted by molar-refractivity contribution is 0.124. The monoisotopic (exact) mass is 319 g/mol. The molecule has 0 fully saturated rings. The molecule has 0 aromatic heterocycles. The van der Waals surface area contributed by atoms with E-state index in [-0.39, 0.29) is 0 Å². The van der Waals surface area contributed by atoms with Gasteiger partial charge in [-0.1, -0.05) is 17.3 Å². The molecule has 116 valence electrons. The van der Waals surface area contributed by atoms with Crippen LogP contribution in [0.5, 0.6) is 0 Å². The Balaban J connectivity index is 2.11. The van der Waals surface area contributed by atoms with Crippen molar-refractivity contribution in [3.63, 3.8) is 0 Å². The largest absolute Gasteiger partial charge is 0.391 e. The Morgan fingerprint density at radius 2 is 1.27 bits per heavy atom. The number of oxime groups is 1. The van der Waals surface area contributed by atoms with Crippen LogP contribution in [0.2, 0.25) is 0 Å². The number of benzene rings is 2. The molecular weight excluding hydrogens is 312 g/mol. The molecule has 22 heavy (non-hydrogen) atoms. The molecule has 0 radical (unpaired) electrons. The maximum Gasteiger partial charge on any atom is 0.200 e. The fourth-order valence-electron chi connectivity index (χ4n) is 1.53. The van der Waals surface area contributed by atoms with Gasteiger partial charge in [0.05, 0.1) is 11.8 Å². The molecular formula is C14H7F6NO. The highest BCUT2D eigenvalue weighted by atomic mass is 19.2. The van der Waals surface area contributed by atoms with E-state index >= 15 is 0 Å². The van der Waals surface area contributed by atoms with Crippen molar-refractivity contribution in [1.82, 2.24) is 0 Å². The van der Waals surface area contributed by atoms with Crippen molar-refractivity contribution < 1.29 is 31.2 Å². The first kappa shape index (κ1) is 15.9. The molecule has 0 atom stereocenters. The van der Waals surface area contributed by atoms with Crippen LogP contribution in [-0.4, -0.2) is 6.21 Å². The molecule has 0 saturated heterocycles. The van der Waals surface area contributed by atoms with E-state index in [4.69, 9.17) is 0 Å². The zero-order chi connectivity index (χ0) is 16.3. The normalized spacial score (nSPS) is 11.2. The Labute approximate surface area is 120 Å². The van der Waals surface area contributed by atoms with Crippen LogP contribution in [0.3, 0.4) is 0 Å². The second kappa shape index (κ2) is 6.50. The van der Waals surface area contributed by atoms with Crippen molar-refractivity contribution >= 4 is 6.21 Å². The molecule has 0 N–H and O–H groups in total. The van der Waals surface area contributed by atoms with Crippen LogP contribution in [0, 0.1) is 34.9 Å². The van der Waals surface area contributed by atoms with Gasteiger partial charge in [0.15, 0.2) is 23.3 Å². The summed E-state index contributed by atoms with van der Waals surface area (Å²) in [6.07, 6.45) is 1.09. The Bertz CT molecular complexity index is 685. The van der Waals surface area contributed by atoms with Crippen molar-refractivity contribution in [2.45, 2.75) is 6.61 Å². The minimum atomic E-state index is -2.24. The number of halogens is 6. The average Bonchev–Trinajstić information content (AvgIpc) is 2.52. The molecule has 0 heterocycles. The number of rotatable bonds is 4. The van der Waals surface area contributed by atoms with Crippen LogP contribution in [0.15, 0.2) is 29.4 Å². The van der Waals surface area contributed by atoms with Crippen molar-refractivity contribution in [3.8, 4) is 0 Å². The number of hydrogen-bond donors (Lipinski definition) is 0. The summed E-state index contributed by atoms with van der Waals surface area (Å²) in [5, 5.41) is 3.31. The Kier molecular flexibility index (Phi) is 4.69. The Morgan fingerprint density at radius 1 is 0.773 bits per heavy atom. The highest BCUT2D eigenvalue weighted by Gasteiger charge is 2.25. The summed E-state index contributed by atoms with van der Waals surface area (Å²) >= 11 is 0. The highest BCUT2D eigenvalue weighted by Crippen LogP contribution is 2.23. The van der Waals surface area contributed by atoms with Crippen LogP contribution < -0.4 is 0 Å². The van der Waals surface area contributed by atoms with Crippen molar-refractivity contribution in [3.05, 3.63) is 70.3 Å². The van der Waals surface area contributed by atoms with Gasteiger partial charge in [-0.25, -0.2) is 26.3 Å². The third kappa shape index (κ3) is 3.21. The highest BCUT2D eigenvalue weighted by molar-refractivity contribution is 5.78. The fourth-order valence-corrected chi connectivity index (χ4v) is 1.53. The lowest BCUT2D eigenvalue weighted by Crippen LogP contribution is -2.07. The van der Waals surface area contributed by atoms with Gasteiger partial charge in [0.25, 0.3) is 0 Å². The number of nitrogens with zero attached hydrogens (tertiary/aromatic N) is 1. The van der Waals surface area contributed by atoms with Crippen molar-refractivity contribution in [2.75, 3.05) is 0 Å². The summed E-state index contributed by atoms with van der Waals surface area (Å²) < 4.78 is 77.9. The third-order valence-electron chi connectivity index (χ3n) is 2.66. The first-order chi connectivity index (χ1) is 10.4. The molecule has 2 rings (SSSR count). The lowest BCUT2D eigenvalue weighted by Gasteiger charge is -2.06. The van der Waals surface area contributed by atoms with Gasteiger partial charge >= 0.3 is 0 Å². The molecule has 0 unspecified atom stereocenters. The summed E-state index contributed by atoms with van der Waals surface area (Å²) in [5.41, 5.74) is -0.716. The van der Waals surface area contributed by atoms with Gasteiger partial charge in [0, 0.05) is 0 Å². The smallest absolute Gasteiger partial charge is 0.200 e. The zero-order valence-electron chi connectivity index (χ0n) is 10.7. The second-order valence-corrected chi connectivity index (χ2v) is 4.11. The zero-order valence-corrected chi connectivity index (χ0v) is 10.7. The van der Waals surface area contributed by atoms with Crippen molar-refractivity contribution in [2.24, 2.45) is 5.16 Å². The van der Waals surface area contributed by atoms with Gasteiger partial charge in [-0.2, -0.15) is 0 Å². The fraction of sp³-hybridized carbons (Fsp3) is 0.0714. The van der Waals surface area contributed by atoms with Crippen LogP contribution in [0.25, 0.3) is 0 Å². The van der Waals surface area contributed by atoms with Gasteiger partial charge in [-0.05, 0) is 17.7 Å². The SMILES string of the molecule is Fc1ccc(C=NOCc2c(F)c(F)c(F)c(F)c2F)cc1. The minimum Gasteiger partial charge on any atom is -0.391 e. The van der Waals surface area contributed by atoms with E-state index in [2.05, 4.69) is 9.99 Å². The third-order valence-corrected chi connectivity index (χ3v) is 2.66. The van der Waals surface area contributed by atoms with Gasteiger partial charge in [-0.3, -0.25) is 0 Å². The molecule has 0 saturated carbocycles. The van der Waals surface area contributed by atoms with Crippen molar-refractivity contribution in [1.29, 1.82) is 0 Å². The van der Waals surface area contributed by atoms with E-state index in [0.29, 0.717) is 5.56 Å². The molecule has 8 heteroatoms. The topological polar surface area (TPSA) is 21.6 Å². The molecule has 2 aromatic rings. The predicted molar refractivity (Wildman–Crippen MR) is 65.0 cm³/mol. The Hall–Kier alpha value is -2.51. The minimum absolute atomic E-state index is 0.416. The standard InChI is InChI=1S/C14H7F6NO/c15-8-3-1-7(2-4-8)5-21-22-6-9-10(16)12(18)14(20)13(19)11(9)17/h1-5H,6H2. The molecule has 2 aromatic carbocycles. The van der Waals surface area contributed by atoms with Crippen LogP contribution >= 0.6 is 0 Å². The van der Waals surface area contributed by atoms with Crippen LogP contribution in [-0.2, 0) is 11.4 Å². The summed E-state index contributed by atoms with van der Waals surface area (Å²) in [5.74, 6) is -10.8. The summed E-state index contributed by atoms with van der Waals surface area (Å²) in [6.45, 7) is -0.955. The molecule has 0 aliphatic rings. The van der Waals surface area contributed by atoms with E-state index in [1.165, 1.54) is 12.1 Å². The predicted octanol–water partition coefficient (Wildman–Crippen LogP) is 4.07. The van der Waals surface area contributed by atoms with Gasteiger partial charge < -0.3 is 4.84 Å². The van der Waals surface area contributed by atoms with Gasteiger partial charge in [0.2, 0.25) is 5.82 Å². The summed E-state index contributed by atoms with van der Waals surface area (Å²) in [6, 6.07) is 4.98. The Morgan fingerprint density at radius 3 is 1.82 bits per heavy atom. The van der Waals surface area contributed by atoms with E-state index < -0.39 is 47.1 Å². The maximum absolute atomic E-state index is 13.3. The maximum atomic E-state index is 13.3. The lowest BCUT2D eigenvalue weighted by atomic mass is 10.2. The first-order valence-corrected chi connectivity index (χ1v) is 5.83. The van der Waals surface area contributed by atoms with E-state index in [0.717, 1.165) is 18.3 Å². The summed E-state index contributed by atoms with van der Waals surface area (Å²) in [7, 11) is 0. The van der Waals surface area contributed by atoms with Crippen LogP contribution in [0.1, 0.15) is 11.1 Å². The molecule has 0 aliphatic heterocycles. The quantitative estimate of drug-likeness (QED) is 0.274. The molecule has 2 nitrogen and oxygen atoms in total. The van der Waals surface area contributed by atoms with E-state index in [1.807, 2.05) is 0 Å². The molecule has 0 amide bonds. The van der Waals surface area contributed by atoms with E-state index in [9.17, 15) is 26.3 Å². The van der Waals surface area contributed by atoms with Gasteiger partial charge in [-0.15, -0.1) is 0 Å². The first-order valence-electron chi connectivity index (χ1n) is 5.83. The van der Waals surface area contributed by atoms with Crippen LogP contribution in [0.4, 0.5) is 26.3 Å². The van der Waals surface area contributed by atoms with E-state index in [1.54, 1.807) is 0 Å². The molecule has 0 bridgehead atoms. The average molecular weight is 319 g/mol. The number of hydrogen-bond acceptors (Lipinski definition) is 2. The summed E-state index contributed by atoms with van der Waals surface area (Å²) in [4.78, 5) is 4.51. The second-order valence-electron chi connectivity index (χ2n) is 4.11. The van der Waals surface area contributed by atoms with Gasteiger partial charge in [0.1, 0.15) is 12.4 Å².